The summed E-state index contributed by atoms with van der Waals surface area (Å²) in [5.41, 5.74) is 1.98. The molecule has 0 aliphatic carbocycles. The fourth-order valence-corrected chi connectivity index (χ4v) is 1.66. The third kappa shape index (κ3) is 3.91. The highest BCUT2D eigenvalue weighted by Gasteiger charge is 2.10. The van der Waals surface area contributed by atoms with Crippen molar-refractivity contribution in [2.45, 2.75) is 19.9 Å². The topological polar surface area (TPSA) is 50.4 Å². The second-order valence-corrected chi connectivity index (χ2v) is 4.04. The summed E-state index contributed by atoms with van der Waals surface area (Å²) in [4.78, 5) is 11.4. The normalized spacial score (nSPS) is 11.8. The van der Waals surface area contributed by atoms with Gasteiger partial charge in [-0.15, -0.1) is 0 Å². The summed E-state index contributed by atoms with van der Waals surface area (Å²) < 4.78 is 17.1. The molecule has 1 aromatic rings. The van der Waals surface area contributed by atoms with Crippen LogP contribution in [-0.2, 0) is 0 Å². The summed E-state index contributed by atoms with van der Waals surface area (Å²) >= 11 is 0. The van der Waals surface area contributed by atoms with Gasteiger partial charge in [0.05, 0.1) is 13.2 Å². The summed E-state index contributed by atoms with van der Waals surface area (Å²) in [6, 6.07) is 5.20. The molecule has 0 aliphatic heterocycles. The summed E-state index contributed by atoms with van der Waals surface area (Å²) in [5, 5.41) is 5.16. The van der Waals surface area contributed by atoms with E-state index in [2.05, 4.69) is 10.6 Å². The number of nitrogens with one attached hydrogen (secondary N) is 2. The average molecular weight is 254 g/mol. The maximum absolute atomic E-state index is 11.9. The van der Waals surface area contributed by atoms with E-state index in [4.69, 9.17) is 4.74 Å². The van der Waals surface area contributed by atoms with Crippen molar-refractivity contribution in [2.75, 3.05) is 20.3 Å². The van der Waals surface area contributed by atoms with Crippen LogP contribution in [0.3, 0.4) is 0 Å². The minimum absolute atomic E-state index is 0.0280. The number of aryl methyl sites for hydroxylation is 1. The van der Waals surface area contributed by atoms with Crippen LogP contribution in [0.5, 0.6) is 5.75 Å². The van der Waals surface area contributed by atoms with Crippen LogP contribution in [0, 0.1) is 6.92 Å². The Kier molecular flexibility index (Phi) is 5.42. The van der Waals surface area contributed by atoms with Gasteiger partial charge in [0, 0.05) is 6.54 Å². The van der Waals surface area contributed by atoms with Gasteiger partial charge in [-0.3, -0.25) is 0 Å². The molecule has 0 aliphatic rings. The first-order chi connectivity index (χ1) is 8.58. The average Bonchev–Trinajstić information content (AvgIpc) is 2.36. The number of hydrogen-bond donors (Lipinski definition) is 2. The van der Waals surface area contributed by atoms with Gasteiger partial charge >= 0.3 is 6.03 Å². The van der Waals surface area contributed by atoms with Crippen molar-refractivity contribution in [3.63, 3.8) is 0 Å². The molecule has 1 rings (SSSR count). The van der Waals surface area contributed by atoms with Crippen molar-refractivity contribution in [2.24, 2.45) is 0 Å². The van der Waals surface area contributed by atoms with Crippen molar-refractivity contribution in [3.05, 3.63) is 29.3 Å². The van der Waals surface area contributed by atoms with E-state index in [9.17, 15) is 9.18 Å². The van der Waals surface area contributed by atoms with Crippen LogP contribution in [0.2, 0.25) is 0 Å². The molecule has 0 heterocycles. The predicted molar refractivity (Wildman–Crippen MR) is 68.7 cm³/mol. The molecule has 2 amide bonds. The Hall–Kier alpha value is -1.78. The maximum Gasteiger partial charge on any atom is 0.315 e. The van der Waals surface area contributed by atoms with E-state index in [0.717, 1.165) is 16.9 Å². The van der Waals surface area contributed by atoms with Crippen molar-refractivity contribution < 1.29 is 13.9 Å². The fourth-order valence-electron chi connectivity index (χ4n) is 1.66. The van der Waals surface area contributed by atoms with Gasteiger partial charge in [0.15, 0.2) is 0 Å². The monoisotopic (exact) mass is 254 g/mol. The molecule has 0 bridgehead atoms. The van der Waals surface area contributed by atoms with Crippen LogP contribution in [0.15, 0.2) is 18.2 Å². The SMILES string of the molecule is COc1ccc([C@@H](C)NC(=O)NCCF)cc1C. The number of hydrogen-bond acceptors (Lipinski definition) is 2. The van der Waals surface area contributed by atoms with E-state index in [1.54, 1.807) is 7.11 Å². The largest absolute Gasteiger partial charge is 0.496 e. The van der Waals surface area contributed by atoms with Gasteiger partial charge in [-0.05, 0) is 31.0 Å². The van der Waals surface area contributed by atoms with Crippen molar-refractivity contribution in [3.8, 4) is 5.75 Å². The molecule has 0 spiro atoms. The first-order valence-corrected chi connectivity index (χ1v) is 5.83. The molecule has 0 saturated heterocycles. The molecule has 0 unspecified atom stereocenters. The summed E-state index contributed by atoms with van der Waals surface area (Å²) in [6.45, 7) is 3.28. The molecule has 0 fully saturated rings. The number of halogens is 1. The highest BCUT2D eigenvalue weighted by atomic mass is 19.1. The van der Waals surface area contributed by atoms with E-state index in [1.807, 2.05) is 32.0 Å². The first kappa shape index (κ1) is 14.3. The Morgan fingerprint density at radius 2 is 2.22 bits per heavy atom. The van der Waals surface area contributed by atoms with Crippen molar-refractivity contribution in [1.29, 1.82) is 0 Å². The Balaban J connectivity index is 2.63. The predicted octanol–water partition coefficient (Wildman–Crippen LogP) is 2.33. The zero-order valence-electron chi connectivity index (χ0n) is 10.9. The number of alkyl halides is 1. The molecule has 1 aromatic carbocycles. The van der Waals surface area contributed by atoms with Gasteiger partial charge in [0.25, 0.3) is 0 Å². The summed E-state index contributed by atoms with van der Waals surface area (Å²) in [5.74, 6) is 0.813. The summed E-state index contributed by atoms with van der Waals surface area (Å²) in [6.07, 6.45) is 0. The molecular formula is C13H19FN2O2. The Labute approximate surface area is 107 Å². The van der Waals surface area contributed by atoms with Gasteiger partial charge < -0.3 is 15.4 Å². The number of carbonyl (C=O) groups excluding carboxylic acids is 1. The first-order valence-electron chi connectivity index (χ1n) is 5.83. The minimum Gasteiger partial charge on any atom is -0.496 e. The number of urea groups is 1. The Bertz CT molecular complexity index is 410. The van der Waals surface area contributed by atoms with E-state index >= 15 is 0 Å². The quantitative estimate of drug-likeness (QED) is 0.847. The highest BCUT2D eigenvalue weighted by molar-refractivity contribution is 5.74. The fraction of sp³-hybridized carbons (Fsp3) is 0.462. The third-order valence-electron chi connectivity index (χ3n) is 2.65. The van der Waals surface area contributed by atoms with Gasteiger partial charge in [0.1, 0.15) is 12.4 Å². The second kappa shape index (κ2) is 6.83. The smallest absolute Gasteiger partial charge is 0.315 e. The van der Waals surface area contributed by atoms with Crippen LogP contribution in [0.25, 0.3) is 0 Å². The lowest BCUT2D eigenvalue weighted by atomic mass is 10.1. The molecular weight excluding hydrogens is 235 g/mol. The zero-order chi connectivity index (χ0) is 13.5. The lowest BCUT2D eigenvalue weighted by Crippen LogP contribution is -2.38. The number of amides is 2. The molecule has 5 heteroatoms. The summed E-state index contributed by atoms with van der Waals surface area (Å²) in [7, 11) is 1.62. The van der Waals surface area contributed by atoms with E-state index in [1.165, 1.54) is 0 Å². The molecule has 4 nitrogen and oxygen atoms in total. The highest BCUT2D eigenvalue weighted by Crippen LogP contribution is 2.22. The molecule has 100 valence electrons. The number of benzene rings is 1. The zero-order valence-corrected chi connectivity index (χ0v) is 10.9. The Morgan fingerprint density at radius 1 is 1.50 bits per heavy atom. The van der Waals surface area contributed by atoms with E-state index in [0.29, 0.717) is 0 Å². The molecule has 0 aromatic heterocycles. The van der Waals surface area contributed by atoms with E-state index < -0.39 is 6.67 Å². The molecule has 0 saturated carbocycles. The standard InChI is InChI=1S/C13H19FN2O2/c1-9-8-11(4-5-12(9)18-3)10(2)16-13(17)15-7-6-14/h4-5,8,10H,6-7H2,1-3H3,(H2,15,16,17)/t10-/m1/s1. The maximum atomic E-state index is 11.9. The van der Waals surface area contributed by atoms with Gasteiger partial charge in [-0.1, -0.05) is 12.1 Å². The second-order valence-electron chi connectivity index (χ2n) is 4.04. The van der Waals surface area contributed by atoms with Crippen molar-refractivity contribution >= 4 is 6.03 Å². The van der Waals surface area contributed by atoms with Crippen LogP contribution >= 0.6 is 0 Å². The number of methoxy groups -OCH3 is 1. The van der Waals surface area contributed by atoms with Crippen molar-refractivity contribution in [1.82, 2.24) is 10.6 Å². The lowest BCUT2D eigenvalue weighted by molar-refractivity contribution is 0.237. The van der Waals surface area contributed by atoms with Crippen LogP contribution in [0.4, 0.5) is 9.18 Å². The van der Waals surface area contributed by atoms with Gasteiger partial charge in [0.2, 0.25) is 0 Å². The van der Waals surface area contributed by atoms with Crippen LogP contribution in [0.1, 0.15) is 24.1 Å². The molecule has 18 heavy (non-hydrogen) atoms. The van der Waals surface area contributed by atoms with Crippen LogP contribution in [-0.4, -0.2) is 26.4 Å². The number of ether oxygens (including phenoxy) is 1. The third-order valence-corrected chi connectivity index (χ3v) is 2.65. The van der Waals surface area contributed by atoms with Gasteiger partial charge in [-0.25, -0.2) is 9.18 Å². The Morgan fingerprint density at radius 3 is 2.78 bits per heavy atom. The molecule has 2 N–H and O–H groups in total. The number of rotatable bonds is 5. The lowest BCUT2D eigenvalue weighted by Gasteiger charge is -2.16. The molecule has 1 atom stereocenters. The van der Waals surface area contributed by atoms with Gasteiger partial charge in [-0.2, -0.15) is 0 Å². The van der Waals surface area contributed by atoms with Crippen LogP contribution < -0.4 is 15.4 Å². The van der Waals surface area contributed by atoms with E-state index in [-0.39, 0.29) is 18.6 Å². The minimum atomic E-state index is -0.566. The molecule has 0 radical (unpaired) electrons. The number of carbonyl (C=O) groups is 1.